The smallest absolute Gasteiger partial charge is 0.272 e. The van der Waals surface area contributed by atoms with Crippen LogP contribution in [-0.4, -0.2) is 21.7 Å². The molecule has 3 aromatic carbocycles. The normalized spacial score (nSPS) is 11.1. The first-order valence-electron chi connectivity index (χ1n) is 10.3. The van der Waals surface area contributed by atoms with E-state index in [4.69, 9.17) is 0 Å². The van der Waals surface area contributed by atoms with Crippen LogP contribution in [0.4, 0.5) is 0 Å². The fraction of sp³-hybridized carbons (Fsp3) is 0. The second-order valence-electron chi connectivity index (χ2n) is 7.26. The Morgan fingerprint density at radius 2 is 1.56 bits per heavy atom. The molecule has 0 aliphatic rings. The minimum absolute atomic E-state index is 0.303. The number of nitrogens with one attached hydrogen (secondary N) is 1. The molecule has 5 nitrogen and oxygen atoms in total. The standard InChI is InChI=1S/C27H20N4O/c32-27(21-12-9-17-28-18-21)30-29-19-24-23-15-7-8-16-25(23)31(22-13-5-2-6-14-22)26(24)20-10-3-1-4-11-20/h1-19H,(H,30,32). The summed E-state index contributed by atoms with van der Waals surface area (Å²) in [6.45, 7) is 0. The summed E-state index contributed by atoms with van der Waals surface area (Å²) in [7, 11) is 0. The second-order valence-corrected chi connectivity index (χ2v) is 7.26. The van der Waals surface area contributed by atoms with Gasteiger partial charge in [-0.3, -0.25) is 9.78 Å². The molecule has 0 aliphatic carbocycles. The molecule has 1 N–H and O–H groups in total. The van der Waals surface area contributed by atoms with Gasteiger partial charge in [0.25, 0.3) is 5.91 Å². The van der Waals surface area contributed by atoms with Crippen molar-refractivity contribution >= 4 is 23.0 Å². The van der Waals surface area contributed by atoms with Crippen LogP contribution in [0.5, 0.6) is 0 Å². The van der Waals surface area contributed by atoms with Crippen molar-refractivity contribution in [1.82, 2.24) is 15.0 Å². The van der Waals surface area contributed by atoms with Crippen molar-refractivity contribution in [3.8, 4) is 16.9 Å². The molecule has 32 heavy (non-hydrogen) atoms. The molecule has 0 unspecified atom stereocenters. The number of carbonyl (C=O) groups is 1. The topological polar surface area (TPSA) is 59.3 Å². The number of hydrogen-bond donors (Lipinski definition) is 1. The first kappa shape index (κ1) is 19.5. The van der Waals surface area contributed by atoms with Crippen molar-refractivity contribution in [2.45, 2.75) is 0 Å². The number of hydrogen-bond acceptors (Lipinski definition) is 3. The fourth-order valence-electron chi connectivity index (χ4n) is 3.84. The molecular weight excluding hydrogens is 396 g/mol. The van der Waals surface area contributed by atoms with Gasteiger partial charge < -0.3 is 4.57 Å². The maximum atomic E-state index is 12.4. The van der Waals surface area contributed by atoms with Crippen molar-refractivity contribution in [2.24, 2.45) is 5.10 Å². The van der Waals surface area contributed by atoms with Crippen molar-refractivity contribution < 1.29 is 4.79 Å². The van der Waals surface area contributed by atoms with Crippen LogP contribution in [0.2, 0.25) is 0 Å². The molecule has 0 aliphatic heterocycles. The van der Waals surface area contributed by atoms with Gasteiger partial charge in [-0.1, -0.05) is 66.7 Å². The third-order valence-electron chi connectivity index (χ3n) is 5.26. The summed E-state index contributed by atoms with van der Waals surface area (Å²) in [4.78, 5) is 16.4. The van der Waals surface area contributed by atoms with Crippen molar-refractivity contribution in [2.75, 3.05) is 0 Å². The van der Waals surface area contributed by atoms with Gasteiger partial charge in [-0.15, -0.1) is 0 Å². The van der Waals surface area contributed by atoms with Crippen molar-refractivity contribution in [3.63, 3.8) is 0 Å². The maximum Gasteiger partial charge on any atom is 0.272 e. The number of pyridine rings is 1. The van der Waals surface area contributed by atoms with E-state index in [2.05, 4.69) is 56.5 Å². The van der Waals surface area contributed by atoms with E-state index in [0.29, 0.717) is 5.56 Å². The fourth-order valence-corrected chi connectivity index (χ4v) is 3.84. The van der Waals surface area contributed by atoms with Crippen LogP contribution in [0.15, 0.2) is 115 Å². The summed E-state index contributed by atoms with van der Waals surface area (Å²) in [5.74, 6) is -0.303. The Kier molecular flexibility index (Phi) is 5.29. The predicted molar refractivity (Wildman–Crippen MR) is 128 cm³/mol. The van der Waals surface area contributed by atoms with Crippen LogP contribution in [0, 0.1) is 0 Å². The summed E-state index contributed by atoms with van der Waals surface area (Å²) in [5, 5.41) is 5.35. The molecule has 0 saturated heterocycles. The Morgan fingerprint density at radius 1 is 0.844 bits per heavy atom. The molecule has 0 spiro atoms. The van der Waals surface area contributed by atoms with Gasteiger partial charge in [0, 0.05) is 29.0 Å². The minimum Gasteiger partial charge on any atom is -0.309 e. The molecule has 0 saturated carbocycles. The highest BCUT2D eigenvalue weighted by atomic mass is 16.2. The quantitative estimate of drug-likeness (QED) is 0.306. The number of carbonyl (C=O) groups excluding carboxylic acids is 1. The van der Waals surface area contributed by atoms with Gasteiger partial charge in [-0.25, -0.2) is 5.43 Å². The maximum absolute atomic E-state index is 12.4. The Labute approximate surface area is 185 Å². The van der Waals surface area contributed by atoms with Gasteiger partial charge in [0.1, 0.15) is 0 Å². The van der Waals surface area contributed by atoms with Gasteiger partial charge in [0.2, 0.25) is 0 Å². The average Bonchev–Trinajstić information content (AvgIpc) is 3.20. The molecule has 2 aromatic heterocycles. The number of hydrazone groups is 1. The summed E-state index contributed by atoms with van der Waals surface area (Å²) < 4.78 is 2.23. The lowest BCUT2D eigenvalue weighted by atomic mass is 10.1. The van der Waals surface area contributed by atoms with E-state index in [9.17, 15) is 4.79 Å². The van der Waals surface area contributed by atoms with Gasteiger partial charge in [0.05, 0.1) is 23.0 Å². The molecule has 154 valence electrons. The third-order valence-corrected chi connectivity index (χ3v) is 5.26. The van der Waals surface area contributed by atoms with Gasteiger partial charge >= 0.3 is 0 Å². The number of aromatic nitrogens is 2. The van der Waals surface area contributed by atoms with Crippen LogP contribution >= 0.6 is 0 Å². The van der Waals surface area contributed by atoms with Crippen molar-refractivity contribution in [3.05, 3.63) is 121 Å². The Hall–Kier alpha value is -4.51. The lowest BCUT2D eigenvalue weighted by Crippen LogP contribution is -2.17. The van der Waals surface area contributed by atoms with Crippen LogP contribution in [-0.2, 0) is 0 Å². The highest BCUT2D eigenvalue weighted by Crippen LogP contribution is 2.35. The molecule has 0 fully saturated rings. The predicted octanol–water partition coefficient (Wildman–Crippen LogP) is 5.46. The number of para-hydroxylation sites is 2. The largest absolute Gasteiger partial charge is 0.309 e. The van der Waals surface area contributed by atoms with E-state index in [0.717, 1.165) is 33.4 Å². The first-order valence-corrected chi connectivity index (χ1v) is 10.3. The number of rotatable bonds is 5. The summed E-state index contributed by atoms with van der Waals surface area (Å²) in [5.41, 5.74) is 8.21. The summed E-state index contributed by atoms with van der Waals surface area (Å²) in [6.07, 6.45) is 4.87. The SMILES string of the molecule is O=C(NN=Cc1c(-c2ccccc2)n(-c2ccccc2)c2ccccc12)c1cccnc1. The zero-order valence-electron chi connectivity index (χ0n) is 17.2. The minimum atomic E-state index is -0.303. The summed E-state index contributed by atoms with van der Waals surface area (Å²) in [6, 6.07) is 32.1. The molecule has 5 heteroatoms. The lowest BCUT2D eigenvalue weighted by Gasteiger charge is -2.12. The van der Waals surface area contributed by atoms with E-state index in [1.165, 1.54) is 6.20 Å². The van der Waals surface area contributed by atoms with Gasteiger partial charge in [-0.05, 0) is 35.9 Å². The first-order chi connectivity index (χ1) is 15.8. The lowest BCUT2D eigenvalue weighted by molar-refractivity contribution is 0.0955. The highest BCUT2D eigenvalue weighted by Gasteiger charge is 2.18. The number of benzene rings is 3. The van der Waals surface area contributed by atoms with E-state index in [1.807, 2.05) is 48.5 Å². The third kappa shape index (κ3) is 3.68. The van der Waals surface area contributed by atoms with E-state index >= 15 is 0 Å². The average molecular weight is 416 g/mol. The Bertz CT molecular complexity index is 1390. The molecule has 1 amide bonds. The monoisotopic (exact) mass is 416 g/mol. The van der Waals surface area contributed by atoms with Crippen LogP contribution in [0.25, 0.3) is 27.8 Å². The molecule has 5 rings (SSSR count). The number of nitrogens with zero attached hydrogens (tertiary/aromatic N) is 3. The molecule has 2 heterocycles. The molecule has 0 atom stereocenters. The molecule has 5 aromatic rings. The zero-order chi connectivity index (χ0) is 21.8. The van der Waals surface area contributed by atoms with E-state index in [1.54, 1.807) is 24.5 Å². The van der Waals surface area contributed by atoms with Crippen LogP contribution in [0.3, 0.4) is 0 Å². The number of fused-ring (bicyclic) bond motifs is 1. The van der Waals surface area contributed by atoms with Gasteiger partial charge in [0.15, 0.2) is 0 Å². The van der Waals surface area contributed by atoms with E-state index in [-0.39, 0.29) is 5.91 Å². The number of amides is 1. The Morgan fingerprint density at radius 3 is 2.31 bits per heavy atom. The van der Waals surface area contributed by atoms with Crippen LogP contribution < -0.4 is 5.43 Å². The second kappa shape index (κ2) is 8.70. The summed E-state index contributed by atoms with van der Waals surface area (Å²) >= 11 is 0. The van der Waals surface area contributed by atoms with Crippen LogP contribution in [0.1, 0.15) is 15.9 Å². The Balaban J connectivity index is 1.66. The zero-order valence-corrected chi connectivity index (χ0v) is 17.2. The molecular formula is C27H20N4O. The van der Waals surface area contributed by atoms with E-state index < -0.39 is 0 Å². The highest BCUT2D eigenvalue weighted by molar-refractivity contribution is 6.07. The molecule has 0 radical (unpaired) electrons. The van der Waals surface area contributed by atoms with Crippen molar-refractivity contribution in [1.29, 1.82) is 0 Å². The van der Waals surface area contributed by atoms with Gasteiger partial charge in [-0.2, -0.15) is 5.10 Å². The molecule has 0 bridgehead atoms.